The fourth-order valence-corrected chi connectivity index (χ4v) is 12.4. The van der Waals surface area contributed by atoms with E-state index in [2.05, 4.69) is 47.9 Å². The van der Waals surface area contributed by atoms with E-state index in [1.165, 1.54) is 20.8 Å². The average Bonchev–Trinajstić information content (AvgIpc) is 1.03. The van der Waals surface area contributed by atoms with Crippen LogP contribution in [-0.4, -0.2) is 344 Å². The van der Waals surface area contributed by atoms with Crippen molar-refractivity contribution in [1.29, 1.82) is 0 Å². The van der Waals surface area contributed by atoms with E-state index in [1.807, 2.05) is 20.8 Å². The van der Waals surface area contributed by atoms with Crippen LogP contribution in [-0.2, 0) is 95.3 Å². The molecule has 0 aromatic heterocycles. The number of carbonyl (C=O) groups excluding carboxylic acids is 9. The Balaban J connectivity index is 1.32. The first-order valence-electron chi connectivity index (χ1n) is 37.3. The number of nitrogens with one attached hydrogen (secondary N) is 9. The Morgan fingerprint density at radius 1 is 0.472 bits per heavy atom. The summed E-state index contributed by atoms with van der Waals surface area (Å²) in [7, 11) is 0. The summed E-state index contributed by atoms with van der Waals surface area (Å²) in [6.07, 6.45) is -8.99. The Morgan fingerprint density at radius 3 is 1.32 bits per heavy atom. The lowest BCUT2D eigenvalue weighted by Gasteiger charge is -2.45. The summed E-state index contributed by atoms with van der Waals surface area (Å²) in [5.41, 5.74) is -2.25. The zero-order chi connectivity index (χ0) is 79.8. The second-order valence-corrected chi connectivity index (χ2v) is 28.1. The normalized spacial score (nSPS) is 27.7. The lowest BCUT2D eigenvalue weighted by atomic mass is 9.86. The van der Waals surface area contributed by atoms with Crippen LogP contribution < -0.4 is 47.9 Å². The molecule has 39 heteroatoms. The highest BCUT2D eigenvalue weighted by molar-refractivity contribution is 5.90. The number of unbranched alkanes of at least 4 members (excludes halogenated alkanes) is 7. The maximum absolute atomic E-state index is 13.9. The van der Waals surface area contributed by atoms with Crippen molar-refractivity contribution in [2.75, 3.05) is 119 Å². The standard InChI is InChI=1S/C69H123N9O30/c1-41(83)74-55-60(92)58(90)49(38-81)106-66(55)102-33-30-99-27-23-71-63(95)45(17-19-52(87)70-22-26-98-29-32-101-65-57(76-43(3)85)62(94)69(97,21-25-79)40-104-65)78-54(89)20-18-46(64(96)72-24-28-100-31-34-103-67-56(75-42(2)84)61(93)59(91)50(39-82)107-67)77-53(88)16-14-12-10-8-7-9-11-13-15-51(86)73-36-44-35-47(48(37-80)105-44)108-68(4,5)6/h44-50,55-62,65-67,79-82,90-94,97H,7-40H2,1-6H3,(H,70,87)(H,71,95)(H,72,96)(H,73,86)(H,74,83)(H,75,84)(H,76,85)(H,77,88)(H,78,89). The molecule has 0 saturated carbocycles. The summed E-state index contributed by atoms with van der Waals surface area (Å²) in [6, 6.07) is -6.17. The highest BCUT2D eigenvalue weighted by atomic mass is 16.7. The molecule has 4 aliphatic heterocycles. The number of hydrogen-bond donors (Lipinski definition) is 19. The molecule has 9 amide bonds. The summed E-state index contributed by atoms with van der Waals surface area (Å²) in [6.45, 7) is 6.27. The molecule has 0 spiro atoms. The van der Waals surface area contributed by atoms with Crippen molar-refractivity contribution in [2.45, 2.75) is 266 Å². The second-order valence-electron chi connectivity index (χ2n) is 28.1. The van der Waals surface area contributed by atoms with E-state index in [1.54, 1.807) is 0 Å². The van der Waals surface area contributed by atoms with Gasteiger partial charge in [0.25, 0.3) is 0 Å². The molecule has 0 aromatic carbocycles. The number of aliphatic hydroxyl groups is 10. The number of hydrogen-bond acceptors (Lipinski definition) is 30. The third-order valence-electron chi connectivity index (χ3n) is 18.0. The van der Waals surface area contributed by atoms with Gasteiger partial charge >= 0.3 is 0 Å². The smallest absolute Gasteiger partial charge is 0.242 e. The second kappa shape index (κ2) is 51.1. The van der Waals surface area contributed by atoms with Crippen molar-refractivity contribution in [3.05, 3.63) is 0 Å². The molecule has 4 fully saturated rings. The molecule has 4 aliphatic rings. The van der Waals surface area contributed by atoms with Crippen molar-refractivity contribution in [2.24, 2.45) is 0 Å². The summed E-state index contributed by atoms with van der Waals surface area (Å²) in [4.78, 5) is 116. The van der Waals surface area contributed by atoms with Gasteiger partial charge < -0.3 is 151 Å². The number of ether oxygens (including phenoxy) is 11. The van der Waals surface area contributed by atoms with Gasteiger partial charge in [0, 0.05) is 92.1 Å². The maximum Gasteiger partial charge on any atom is 0.242 e. The zero-order valence-electron chi connectivity index (χ0n) is 63.1. The molecule has 19 atom stereocenters. The quantitative estimate of drug-likeness (QED) is 0.0252. The van der Waals surface area contributed by atoms with Crippen LogP contribution in [0.3, 0.4) is 0 Å². The fraction of sp³-hybridized carbons (Fsp3) is 0.870. The van der Waals surface area contributed by atoms with Crippen LogP contribution in [0.2, 0.25) is 0 Å². The van der Waals surface area contributed by atoms with E-state index in [-0.39, 0.29) is 136 Å². The first-order valence-corrected chi connectivity index (χ1v) is 37.3. The van der Waals surface area contributed by atoms with Crippen LogP contribution in [0.1, 0.15) is 144 Å². The fourth-order valence-electron chi connectivity index (χ4n) is 12.4. The lowest BCUT2D eigenvalue weighted by Crippen LogP contribution is -2.66. The zero-order valence-corrected chi connectivity index (χ0v) is 63.1. The van der Waals surface area contributed by atoms with Gasteiger partial charge in [-0.15, -0.1) is 0 Å². The molecule has 0 aliphatic carbocycles. The summed E-state index contributed by atoms with van der Waals surface area (Å²) in [5, 5.41) is 126. The van der Waals surface area contributed by atoms with E-state index in [4.69, 9.17) is 52.1 Å². The van der Waals surface area contributed by atoms with Crippen LogP contribution in [0.15, 0.2) is 0 Å². The lowest BCUT2D eigenvalue weighted by molar-refractivity contribution is -0.272. The SMILES string of the molecule is CC(=O)NC1C(OCCOCCNC(=O)C(CCC(=O)NCCOCCOC2OCC(O)(CCO)C(O)C2NC(C)=O)NC(=O)CCC(NC(=O)CCCCCCCCCCC(=O)NCC2CC(OC(C)(C)C)C(CO)O2)C(=O)NCCOCCOC2OC(CO)C(O)C(O)C2NC(C)=O)OC(CO)C(O)C1O. The Bertz CT molecular complexity index is 2680. The molecule has 624 valence electrons. The first-order chi connectivity index (χ1) is 51.4. The predicted octanol–water partition coefficient (Wildman–Crippen LogP) is -6.46. The minimum atomic E-state index is -1.85. The molecule has 19 N–H and O–H groups in total. The van der Waals surface area contributed by atoms with Gasteiger partial charge in [0.1, 0.15) is 84.6 Å². The van der Waals surface area contributed by atoms with Crippen LogP contribution >= 0.6 is 0 Å². The third kappa shape index (κ3) is 35.4. The number of rotatable bonds is 53. The van der Waals surface area contributed by atoms with Crippen molar-refractivity contribution < 1.29 is 146 Å². The molecule has 39 nitrogen and oxygen atoms in total. The van der Waals surface area contributed by atoms with Crippen molar-refractivity contribution in [1.82, 2.24) is 47.9 Å². The highest BCUT2D eigenvalue weighted by Gasteiger charge is 2.50. The van der Waals surface area contributed by atoms with Gasteiger partial charge in [-0.1, -0.05) is 38.5 Å². The minimum Gasteiger partial charge on any atom is -0.396 e. The molecular weight excluding hydrogens is 1430 g/mol. The van der Waals surface area contributed by atoms with Gasteiger partial charge in [-0.25, -0.2) is 0 Å². The van der Waals surface area contributed by atoms with Crippen LogP contribution in [0, 0.1) is 0 Å². The first kappa shape index (κ1) is 94.8. The largest absolute Gasteiger partial charge is 0.396 e. The summed E-state index contributed by atoms with van der Waals surface area (Å²) in [5.74, 6) is -4.87. The number of aliphatic hydroxyl groups excluding tert-OH is 9. The van der Waals surface area contributed by atoms with Crippen LogP contribution in [0.4, 0.5) is 0 Å². The number of amides is 9. The van der Waals surface area contributed by atoms with Crippen LogP contribution in [0.5, 0.6) is 0 Å². The van der Waals surface area contributed by atoms with Gasteiger partial charge in [0.15, 0.2) is 18.9 Å². The number of carbonyl (C=O) groups is 9. The van der Waals surface area contributed by atoms with Gasteiger partial charge in [-0.05, 0) is 46.5 Å². The van der Waals surface area contributed by atoms with E-state index in [0.717, 1.165) is 32.1 Å². The van der Waals surface area contributed by atoms with Crippen molar-refractivity contribution >= 4 is 53.2 Å². The Labute approximate surface area is 629 Å². The predicted molar refractivity (Wildman–Crippen MR) is 377 cm³/mol. The Hall–Kier alpha value is -5.61. The highest BCUT2D eigenvalue weighted by Crippen LogP contribution is 2.30. The van der Waals surface area contributed by atoms with Gasteiger partial charge in [0.05, 0.1) is 104 Å². The van der Waals surface area contributed by atoms with Crippen molar-refractivity contribution in [3.8, 4) is 0 Å². The van der Waals surface area contributed by atoms with E-state index in [0.29, 0.717) is 38.6 Å². The van der Waals surface area contributed by atoms with E-state index < -0.39 is 189 Å². The van der Waals surface area contributed by atoms with Crippen molar-refractivity contribution in [3.63, 3.8) is 0 Å². The monoisotopic (exact) mass is 1560 g/mol. The molecule has 0 radical (unpaired) electrons. The summed E-state index contributed by atoms with van der Waals surface area (Å²) < 4.78 is 62.5. The molecule has 4 heterocycles. The van der Waals surface area contributed by atoms with Gasteiger partial charge in [0.2, 0.25) is 53.2 Å². The van der Waals surface area contributed by atoms with Crippen LogP contribution in [0.25, 0.3) is 0 Å². The average molecular weight is 1560 g/mol. The van der Waals surface area contributed by atoms with Gasteiger partial charge in [-0.2, -0.15) is 0 Å². The topological polar surface area (TPSA) is 566 Å². The molecule has 4 rings (SSSR count). The summed E-state index contributed by atoms with van der Waals surface area (Å²) >= 11 is 0. The van der Waals surface area contributed by atoms with Gasteiger partial charge in [-0.3, -0.25) is 43.2 Å². The van der Waals surface area contributed by atoms with E-state index in [9.17, 15) is 94.2 Å². The molecule has 0 aromatic rings. The Morgan fingerprint density at radius 2 is 0.880 bits per heavy atom. The Kier molecular flexibility index (Phi) is 44.9. The molecule has 0 bridgehead atoms. The minimum absolute atomic E-state index is 0.0133. The third-order valence-corrected chi connectivity index (χ3v) is 18.0. The molecule has 108 heavy (non-hydrogen) atoms. The molecule has 19 unspecified atom stereocenters. The molecular formula is C69H123N9O30. The molecule has 4 saturated heterocycles. The maximum atomic E-state index is 13.9. The van der Waals surface area contributed by atoms with E-state index >= 15 is 0 Å².